The number of nitrogens with zero attached hydrogens (tertiary/aromatic N) is 3. The molecule has 0 aromatic carbocycles. The molecule has 0 spiro atoms. The number of hydrogen-bond donors (Lipinski definition) is 1. The molecule has 2 aromatic heterocycles. The Morgan fingerprint density at radius 3 is 3.06 bits per heavy atom. The summed E-state index contributed by atoms with van der Waals surface area (Å²) in [6, 6.07) is 3.85. The van der Waals surface area contributed by atoms with E-state index in [0.29, 0.717) is 0 Å². The largest absolute Gasteiger partial charge is 0.320 e. The molecular weight excluding hydrogens is 300 g/mol. The third kappa shape index (κ3) is 3.31. The molecule has 0 saturated carbocycles. The van der Waals surface area contributed by atoms with Gasteiger partial charge in [-0.1, -0.05) is 11.3 Å². The quantitative estimate of drug-likeness (QED) is 0.862. The van der Waals surface area contributed by atoms with Crippen LogP contribution in [0.5, 0.6) is 0 Å². The first-order chi connectivity index (χ1) is 8.31. The number of pyridine rings is 1. The number of halogens is 1. The first-order valence-corrected chi connectivity index (χ1v) is 7.00. The first kappa shape index (κ1) is 12.6. The molecule has 4 nitrogen and oxygen atoms in total. The van der Waals surface area contributed by atoms with Gasteiger partial charge in [0.1, 0.15) is 10.7 Å². The maximum Gasteiger partial charge on any atom is 0.167 e. The van der Waals surface area contributed by atoms with Crippen molar-refractivity contribution in [3.8, 4) is 10.7 Å². The molecule has 6 heteroatoms. The Hall–Kier alpha value is -0.850. The summed E-state index contributed by atoms with van der Waals surface area (Å²) in [6.45, 7) is 1.00. The molecule has 2 aromatic rings. The van der Waals surface area contributed by atoms with Crippen molar-refractivity contribution in [2.45, 2.75) is 12.8 Å². The summed E-state index contributed by atoms with van der Waals surface area (Å²) in [7, 11) is 1.95. The second kappa shape index (κ2) is 6.18. The van der Waals surface area contributed by atoms with Crippen LogP contribution in [0.4, 0.5) is 0 Å². The van der Waals surface area contributed by atoms with Gasteiger partial charge in [-0.3, -0.25) is 4.98 Å². The van der Waals surface area contributed by atoms with Crippen molar-refractivity contribution in [2.75, 3.05) is 13.6 Å². The molecule has 0 saturated heterocycles. The van der Waals surface area contributed by atoms with E-state index in [1.54, 1.807) is 17.5 Å². The molecule has 2 heterocycles. The lowest BCUT2D eigenvalue weighted by Gasteiger charge is -1.96. The molecule has 0 fully saturated rings. The molecule has 2 rings (SSSR count). The van der Waals surface area contributed by atoms with Crippen molar-refractivity contribution < 1.29 is 0 Å². The van der Waals surface area contributed by atoms with Gasteiger partial charge in [-0.15, -0.1) is 10.2 Å². The monoisotopic (exact) mass is 312 g/mol. The van der Waals surface area contributed by atoms with Crippen LogP contribution < -0.4 is 5.32 Å². The Morgan fingerprint density at radius 2 is 2.29 bits per heavy atom. The van der Waals surface area contributed by atoms with Crippen LogP contribution in [0.3, 0.4) is 0 Å². The Bertz CT molecular complexity index is 486. The highest BCUT2D eigenvalue weighted by molar-refractivity contribution is 9.10. The summed E-state index contributed by atoms with van der Waals surface area (Å²) in [5.41, 5.74) is 0.866. The lowest BCUT2D eigenvalue weighted by molar-refractivity contribution is 0.718. The molecule has 0 aliphatic heterocycles. The molecule has 0 unspecified atom stereocenters. The highest BCUT2D eigenvalue weighted by atomic mass is 79.9. The van der Waals surface area contributed by atoms with Gasteiger partial charge in [0.15, 0.2) is 5.01 Å². The number of aromatic nitrogens is 3. The van der Waals surface area contributed by atoms with Gasteiger partial charge in [-0.05, 0) is 48.1 Å². The molecule has 0 amide bonds. The fraction of sp³-hybridized carbons (Fsp3) is 0.364. The molecule has 0 aliphatic carbocycles. The van der Waals surface area contributed by atoms with Gasteiger partial charge in [0, 0.05) is 17.1 Å². The fourth-order valence-corrected chi connectivity index (χ4v) is 2.88. The van der Waals surface area contributed by atoms with E-state index in [-0.39, 0.29) is 0 Å². The van der Waals surface area contributed by atoms with Gasteiger partial charge < -0.3 is 5.32 Å². The van der Waals surface area contributed by atoms with Crippen molar-refractivity contribution in [2.24, 2.45) is 0 Å². The first-order valence-electron chi connectivity index (χ1n) is 5.39. The van der Waals surface area contributed by atoms with Crippen LogP contribution in [0.25, 0.3) is 10.7 Å². The standard InChI is InChI=1S/C11H13BrN4S/c1-13-6-3-5-9-15-16-11(17-9)10-8(12)4-2-7-14-10/h2,4,7,13H,3,5-6H2,1H3. The second-order valence-electron chi connectivity index (χ2n) is 3.54. The summed E-state index contributed by atoms with van der Waals surface area (Å²) in [4.78, 5) is 4.31. The van der Waals surface area contributed by atoms with E-state index in [4.69, 9.17) is 0 Å². The number of hydrogen-bond acceptors (Lipinski definition) is 5. The Balaban J connectivity index is 2.10. The van der Waals surface area contributed by atoms with Crippen LogP contribution in [0.2, 0.25) is 0 Å². The van der Waals surface area contributed by atoms with Crippen LogP contribution >= 0.6 is 27.3 Å². The number of aryl methyl sites for hydroxylation is 1. The van der Waals surface area contributed by atoms with Crippen LogP contribution in [-0.2, 0) is 6.42 Å². The van der Waals surface area contributed by atoms with Gasteiger partial charge >= 0.3 is 0 Å². The fourth-order valence-electron chi connectivity index (χ4n) is 1.41. The van der Waals surface area contributed by atoms with E-state index < -0.39 is 0 Å². The van der Waals surface area contributed by atoms with Gasteiger partial charge in [-0.2, -0.15) is 0 Å². The van der Waals surface area contributed by atoms with E-state index in [1.807, 2.05) is 19.2 Å². The predicted molar refractivity (Wildman–Crippen MR) is 73.1 cm³/mol. The van der Waals surface area contributed by atoms with Crippen molar-refractivity contribution >= 4 is 27.3 Å². The van der Waals surface area contributed by atoms with Gasteiger partial charge in [0.2, 0.25) is 0 Å². The van der Waals surface area contributed by atoms with Crippen molar-refractivity contribution in [3.63, 3.8) is 0 Å². The van der Waals surface area contributed by atoms with E-state index in [9.17, 15) is 0 Å². The van der Waals surface area contributed by atoms with E-state index >= 15 is 0 Å². The maximum atomic E-state index is 4.31. The topological polar surface area (TPSA) is 50.7 Å². The number of rotatable bonds is 5. The minimum absolute atomic E-state index is 0.866. The summed E-state index contributed by atoms with van der Waals surface area (Å²) in [6.07, 6.45) is 3.81. The van der Waals surface area contributed by atoms with E-state index in [0.717, 1.165) is 39.6 Å². The third-order valence-corrected chi connectivity index (χ3v) is 3.87. The lowest BCUT2D eigenvalue weighted by Crippen LogP contribution is -2.08. The SMILES string of the molecule is CNCCCc1nnc(-c2ncccc2Br)s1. The average Bonchev–Trinajstić information content (AvgIpc) is 2.79. The van der Waals surface area contributed by atoms with Crippen LogP contribution in [0.1, 0.15) is 11.4 Å². The maximum absolute atomic E-state index is 4.31. The Morgan fingerprint density at radius 1 is 1.41 bits per heavy atom. The minimum atomic E-state index is 0.866. The summed E-state index contributed by atoms with van der Waals surface area (Å²) < 4.78 is 0.956. The highest BCUT2D eigenvalue weighted by Crippen LogP contribution is 2.28. The normalized spacial score (nSPS) is 10.7. The van der Waals surface area contributed by atoms with Crippen molar-refractivity contribution in [1.29, 1.82) is 0 Å². The summed E-state index contributed by atoms with van der Waals surface area (Å²) in [5, 5.41) is 13.4. The molecule has 0 aliphatic rings. The van der Waals surface area contributed by atoms with E-state index in [1.165, 1.54) is 0 Å². The van der Waals surface area contributed by atoms with Gasteiger partial charge in [0.25, 0.3) is 0 Å². The third-order valence-electron chi connectivity index (χ3n) is 2.25. The highest BCUT2D eigenvalue weighted by Gasteiger charge is 2.10. The summed E-state index contributed by atoms with van der Waals surface area (Å²) >= 11 is 5.08. The summed E-state index contributed by atoms with van der Waals surface area (Å²) in [5.74, 6) is 0. The molecule has 0 bridgehead atoms. The van der Waals surface area contributed by atoms with E-state index in [2.05, 4.69) is 36.4 Å². The second-order valence-corrected chi connectivity index (χ2v) is 5.46. The average molecular weight is 313 g/mol. The lowest BCUT2D eigenvalue weighted by atomic mass is 10.3. The molecule has 17 heavy (non-hydrogen) atoms. The smallest absolute Gasteiger partial charge is 0.167 e. The van der Waals surface area contributed by atoms with Gasteiger partial charge in [0.05, 0.1) is 0 Å². The zero-order valence-electron chi connectivity index (χ0n) is 9.48. The van der Waals surface area contributed by atoms with Crippen molar-refractivity contribution in [1.82, 2.24) is 20.5 Å². The molecule has 0 atom stereocenters. The molecule has 1 N–H and O–H groups in total. The zero-order chi connectivity index (χ0) is 12.1. The molecule has 0 radical (unpaired) electrons. The van der Waals surface area contributed by atoms with Gasteiger partial charge in [-0.25, -0.2) is 0 Å². The molecular formula is C11H13BrN4S. The Labute approximate surface area is 113 Å². The van der Waals surface area contributed by atoms with Crippen LogP contribution in [0, 0.1) is 0 Å². The molecule has 90 valence electrons. The minimum Gasteiger partial charge on any atom is -0.320 e. The predicted octanol–water partition coefficient (Wildman–Crippen LogP) is 2.51. The van der Waals surface area contributed by atoms with Crippen LogP contribution in [0.15, 0.2) is 22.8 Å². The number of nitrogens with one attached hydrogen (secondary N) is 1. The Kier molecular flexibility index (Phi) is 4.58. The zero-order valence-corrected chi connectivity index (χ0v) is 11.9. The van der Waals surface area contributed by atoms with Crippen molar-refractivity contribution in [3.05, 3.63) is 27.8 Å². The van der Waals surface area contributed by atoms with Crippen LogP contribution in [-0.4, -0.2) is 28.8 Å².